The first kappa shape index (κ1) is 15.9. The maximum atomic E-state index is 13.2. The van der Waals surface area contributed by atoms with Crippen LogP contribution >= 0.6 is 15.9 Å². The Morgan fingerprint density at radius 2 is 2.00 bits per heavy atom. The number of likely N-dealkylation sites (tertiary alicyclic amines) is 1. The molecule has 0 bridgehead atoms. The van der Waals surface area contributed by atoms with Crippen LogP contribution in [0.3, 0.4) is 0 Å². The topological polar surface area (TPSA) is 15.3 Å². The molecular formula is C16H24BrFN2. The van der Waals surface area contributed by atoms with Crippen LogP contribution in [0.2, 0.25) is 0 Å². The van der Waals surface area contributed by atoms with Gasteiger partial charge in [-0.1, -0.05) is 13.0 Å². The highest BCUT2D eigenvalue weighted by atomic mass is 79.9. The summed E-state index contributed by atoms with van der Waals surface area (Å²) in [5.41, 5.74) is 1.12. The minimum atomic E-state index is -0.205. The summed E-state index contributed by atoms with van der Waals surface area (Å²) in [6.07, 6.45) is 2.69. The number of nitrogens with one attached hydrogen (secondary N) is 1. The number of halogens is 2. The van der Waals surface area contributed by atoms with Gasteiger partial charge in [-0.15, -0.1) is 0 Å². The Kier molecular flexibility index (Phi) is 6.00. The second-order valence-corrected chi connectivity index (χ2v) is 6.77. The van der Waals surface area contributed by atoms with E-state index in [-0.39, 0.29) is 11.9 Å². The fraction of sp³-hybridized carbons (Fsp3) is 0.625. The molecule has 2 unspecified atom stereocenters. The molecule has 2 rings (SSSR count). The number of hydrogen-bond donors (Lipinski definition) is 1. The van der Waals surface area contributed by atoms with Crippen LogP contribution in [-0.2, 0) is 0 Å². The largest absolute Gasteiger partial charge is 0.310 e. The van der Waals surface area contributed by atoms with E-state index < -0.39 is 0 Å². The molecule has 1 aliphatic rings. The van der Waals surface area contributed by atoms with E-state index in [0.29, 0.717) is 10.4 Å². The Hall–Kier alpha value is -0.450. The lowest BCUT2D eigenvalue weighted by Crippen LogP contribution is -2.32. The summed E-state index contributed by atoms with van der Waals surface area (Å²) >= 11 is 3.24. The molecular weight excluding hydrogens is 319 g/mol. The molecule has 0 aromatic heterocycles. The Morgan fingerprint density at radius 1 is 1.30 bits per heavy atom. The summed E-state index contributed by atoms with van der Waals surface area (Å²) in [5, 5.41) is 3.55. The van der Waals surface area contributed by atoms with Gasteiger partial charge in [-0.3, -0.25) is 0 Å². The molecule has 1 saturated heterocycles. The summed E-state index contributed by atoms with van der Waals surface area (Å²) in [7, 11) is 0. The average Bonchev–Trinajstić information content (AvgIpc) is 2.92. The van der Waals surface area contributed by atoms with Crippen LogP contribution in [0.1, 0.15) is 38.3 Å². The Labute approximate surface area is 129 Å². The van der Waals surface area contributed by atoms with E-state index in [1.807, 2.05) is 12.1 Å². The lowest BCUT2D eigenvalue weighted by atomic mass is 10.1. The van der Waals surface area contributed by atoms with Gasteiger partial charge in [0.2, 0.25) is 0 Å². The van der Waals surface area contributed by atoms with Gasteiger partial charge in [-0.25, -0.2) is 4.39 Å². The van der Waals surface area contributed by atoms with Crippen LogP contribution in [0.25, 0.3) is 0 Å². The van der Waals surface area contributed by atoms with Gasteiger partial charge in [0.05, 0.1) is 4.47 Å². The zero-order valence-electron chi connectivity index (χ0n) is 12.3. The minimum absolute atomic E-state index is 0.205. The molecule has 0 saturated carbocycles. The second-order valence-electron chi connectivity index (χ2n) is 5.92. The minimum Gasteiger partial charge on any atom is -0.310 e. The van der Waals surface area contributed by atoms with Crippen molar-refractivity contribution in [1.82, 2.24) is 10.2 Å². The van der Waals surface area contributed by atoms with Crippen molar-refractivity contribution in [2.24, 2.45) is 5.92 Å². The highest BCUT2D eigenvalue weighted by Gasteiger charge is 2.15. The average molecular weight is 343 g/mol. The van der Waals surface area contributed by atoms with Crippen molar-refractivity contribution >= 4 is 15.9 Å². The van der Waals surface area contributed by atoms with E-state index in [4.69, 9.17) is 0 Å². The molecule has 112 valence electrons. The Balaban J connectivity index is 1.78. The van der Waals surface area contributed by atoms with Crippen molar-refractivity contribution in [1.29, 1.82) is 0 Å². The summed E-state index contributed by atoms with van der Waals surface area (Å²) in [6.45, 7) is 9.09. The zero-order chi connectivity index (χ0) is 14.5. The molecule has 20 heavy (non-hydrogen) atoms. The van der Waals surface area contributed by atoms with Crippen molar-refractivity contribution in [2.75, 3.05) is 26.2 Å². The standard InChI is InChI=1S/C16H24BrFN2/c1-12(11-20-7-3-4-8-20)10-19-13(2)14-5-6-16(18)15(17)9-14/h5-6,9,12-13,19H,3-4,7-8,10-11H2,1-2H3. The van der Waals surface area contributed by atoms with E-state index in [9.17, 15) is 4.39 Å². The van der Waals surface area contributed by atoms with Crippen molar-refractivity contribution in [3.05, 3.63) is 34.1 Å². The molecule has 2 nitrogen and oxygen atoms in total. The van der Waals surface area contributed by atoms with Gasteiger partial charge in [0.1, 0.15) is 5.82 Å². The predicted molar refractivity (Wildman–Crippen MR) is 85.4 cm³/mol. The third kappa shape index (κ3) is 4.54. The molecule has 0 radical (unpaired) electrons. The molecule has 0 amide bonds. The quantitative estimate of drug-likeness (QED) is 0.841. The monoisotopic (exact) mass is 342 g/mol. The molecule has 1 aromatic rings. The van der Waals surface area contributed by atoms with E-state index in [1.165, 1.54) is 38.5 Å². The zero-order valence-corrected chi connectivity index (χ0v) is 13.9. The van der Waals surface area contributed by atoms with Crippen molar-refractivity contribution in [3.8, 4) is 0 Å². The van der Waals surface area contributed by atoms with Crippen LogP contribution in [0.4, 0.5) is 4.39 Å². The molecule has 2 atom stereocenters. The molecule has 1 N–H and O–H groups in total. The highest BCUT2D eigenvalue weighted by molar-refractivity contribution is 9.10. The molecule has 1 aromatic carbocycles. The molecule has 1 aliphatic heterocycles. The second kappa shape index (κ2) is 7.53. The lowest BCUT2D eigenvalue weighted by Gasteiger charge is -2.22. The highest BCUT2D eigenvalue weighted by Crippen LogP contribution is 2.21. The maximum absolute atomic E-state index is 13.2. The van der Waals surface area contributed by atoms with Gasteiger partial charge in [0.25, 0.3) is 0 Å². The first-order valence-electron chi connectivity index (χ1n) is 7.47. The summed E-state index contributed by atoms with van der Waals surface area (Å²) < 4.78 is 13.8. The first-order valence-corrected chi connectivity index (χ1v) is 8.26. The molecule has 0 aliphatic carbocycles. The summed E-state index contributed by atoms with van der Waals surface area (Å²) in [5.74, 6) is 0.433. The molecule has 1 heterocycles. The summed E-state index contributed by atoms with van der Waals surface area (Å²) in [6, 6.07) is 5.47. The molecule has 0 spiro atoms. The maximum Gasteiger partial charge on any atom is 0.137 e. The van der Waals surface area contributed by atoms with Gasteiger partial charge in [-0.2, -0.15) is 0 Å². The Bertz CT molecular complexity index is 432. The number of rotatable bonds is 6. The third-order valence-corrected chi connectivity index (χ3v) is 4.59. The van der Waals surface area contributed by atoms with Gasteiger partial charge in [0.15, 0.2) is 0 Å². The van der Waals surface area contributed by atoms with Crippen LogP contribution in [0, 0.1) is 11.7 Å². The van der Waals surface area contributed by atoms with Gasteiger partial charge < -0.3 is 10.2 Å². The summed E-state index contributed by atoms with van der Waals surface area (Å²) in [4.78, 5) is 2.55. The first-order chi connectivity index (χ1) is 9.56. The molecule has 1 fully saturated rings. The van der Waals surface area contributed by atoms with E-state index in [0.717, 1.165) is 12.1 Å². The van der Waals surface area contributed by atoms with Crippen LogP contribution in [-0.4, -0.2) is 31.1 Å². The van der Waals surface area contributed by atoms with Gasteiger partial charge in [-0.05, 0) is 78.9 Å². The fourth-order valence-electron chi connectivity index (χ4n) is 2.75. The van der Waals surface area contributed by atoms with E-state index >= 15 is 0 Å². The normalized spacial score (nSPS) is 19.2. The van der Waals surface area contributed by atoms with Crippen molar-refractivity contribution < 1.29 is 4.39 Å². The fourth-order valence-corrected chi connectivity index (χ4v) is 3.14. The predicted octanol–water partition coefficient (Wildman–Crippen LogP) is 3.97. The SMILES string of the molecule is CC(CNC(C)c1ccc(F)c(Br)c1)CN1CCCC1. The van der Waals surface area contributed by atoms with Crippen LogP contribution in [0.15, 0.2) is 22.7 Å². The third-order valence-electron chi connectivity index (χ3n) is 3.98. The van der Waals surface area contributed by atoms with Crippen LogP contribution in [0.5, 0.6) is 0 Å². The van der Waals surface area contributed by atoms with Crippen molar-refractivity contribution in [2.45, 2.75) is 32.7 Å². The molecule has 4 heteroatoms. The van der Waals surface area contributed by atoms with E-state index in [2.05, 4.69) is 40.0 Å². The van der Waals surface area contributed by atoms with E-state index in [1.54, 1.807) is 0 Å². The smallest absolute Gasteiger partial charge is 0.137 e. The lowest BCUT2D eigenvalue weighted by molar-refractivity contribution is 0.279. The number of nitrogens with zero attached hydrogens (tertiary/aromatic N) is 1. The Morgan fingerprint density at radius 3 is 2.65 bits per heavy atom. The van der Waals surface area contributed by atoms with Gasteiger partial charge >= 0.3 is 0 Å². The number of hydrogen-bond acceptors (Lipinski definition) is 2. The van der Waals surface area contributed by atoms with Gasteiger partial charge in [0, 0.05) is 12.6 Å². The van der Waals surface area contributed by atoms with Crippen molar-refractivity contribution in [3.63, 3.8) is 0 Å². The van der Waals surface area contributed by atoms with Crippen LogP contribution < -0.4 is 5.32 Å². The number of benzene rings is 1.